The Hall–Kier alpha value is -0.643. The fourth-order valence-corrected chi connectivity index (χ4v) is 1.83. The van der Waals surface area contributed by atoms with Crippen LogP contribution in [0, 0.1) is 0 Å². The highest BCUT2D eigenvalue weighted by Crippen LogP contribution is 2.21. The van der Waals surface area contributed by atoms with E-state index in [9.17, 15) is 0 Å². The Kier molecular flexibility index (Phi) is 1.17. The molecule has 10 heavy (non-hydrogen) atoms. The number of benzene rings is 1. The molecule has 2 nitrogen and oxygen atoms in total. The smallest absolute Gasteiger partial charge is 0.265 e. The van der Waals surface area contributed by atoms with Crippen LogP contribution in [0.3, 0.4) is 0 Å². The van der Waals surface area contributed by atoms with E-state index < -0.39 is 0 Å². The van der Waals surface area contributed by atoms with Crippen LogP contribution in [0.15, 0.2) is 30.3 Å². The molecule has 1 N–H and O–H groups in total. The molecule has 1 aliphatic rings. The molecule has 1 aromatic carbocycles. The zero-order valence-corrected chi connectivity index (χ0v) is 7.46. The third kappa shape index (κ3) is 0.882. The molecule has 1 heterocycles. The molecule has 1 unspecified atom stereocenters. The maximum absolute atomic E-state index is 3.40. The Morgan fingerprint density at radius 3 is 2.40 bits per heavy atom. The Bertz CT molecular complexity index is 231. The zero-order chi connectivity index (χ0) is 7.03. The van der Waals surface area contributed by atoms with Gasteiger partial charge in [-0.15, -0.1) is 5.09 Å². The van der Waals surface area contributed by atoms with Crippen molar-refractivity contribution in [3.8, 4) is 0 Å². The number of nitrogens with zero attached hydrogens (tertiary/aromatic N) is 1. The summed E-state index contributed by atoms with van der Waals surface area (Å²) < 4.78 is 1.03. The predicted molar refractivity (Wildman–Crippen MR) is 45.8 cm³/mol. The second kappa shape index (κ2) is 1.92. The van der Waals surface area contributed by atoms with Crippen LogP contribution in [0.1, 0.15) is 0 Å². The summed E-state index contributed by atoms with van der Waals surface area (Å²) in [5.74, 6) is 0. The fraction of sp³-hybridized carbons (Fsp3) is 0.143. The van der Waals surface area contributed by atoms with Crippen LogP contribution in [0.5, 0.6) is 0 Å². The molecule has 0 bridgehead atoms. The molecule has 1 aromatic rings. The van der Waals surface area contributed by atoms with E-state index in [1.807, 2.05) is 0 Å². The average Bonchev–Trinajstić information content (AvgIpc) is 2.72. The van der Waals surface area contributed by atoms with Gasteiger partial charge in [0.05, 0.1) is 7.05 Å². The van der Waals surface area contributed by atoms with Gasteiger partial charge in [0.2, 0.25) is 0 Å². The van der Waals surface area contributed by atoms with Crippen molar-refractivity contribution in [1.82, 2.24) is 9.35 Å². The van der Waals surface area contributed by atoms with E-state index in [0.717, 1.165) is 4.26 Å². The van der Waals surface area contributed by atoms with Crippen LogP contribution >= 0.6 is 0 Å². The third-order valence-corrected chi connectivity index (χ3v) is 3.59. The Morgan fingerprint density at radius 1 is 1.30 bits per heavy atom. The molecule has 1 aliphatic heterocycles. The molecule has 3 heteroatoms. The minimum absolute atomic E-state index is 0.0266. The molecule has 2 rings (SSSR count). The first kappa shape index (κ1) is 6.09. The number of para-hydroxylation sites is 1. The Morgan fingerprint density at radius 2 is 1.90 bits per heavy atom. The van der Waals surface area contributed by atoms with Crippen molar-refractivity contribution in [2.75, 3.05) is 7.05 Å². The molecule has 1 fully saturated rings. The quantitative estimate of drug-likeness (QED) is 0.447. The first-order chi connectivity index (χ1) is 4.81. The molecule has 1 atom stereocenters. The number of quaternary nitrogens is 1. The Labute approximate surface area is 63.0 Å². The first-order valence-electron chi connectivity index (χ1n) is 3.47. The molecule has 0 radical (unpaired) electrons. The minimum Gasteiger partial charge on any atom is -0.265 e. The van der Waals surface area contributed by atoms with Gasteiger partial charge < -0.3 is 0 Å². The lowest BCUT2D eigenvalue weighted by Crippen LogP contribution is -2.22. The van der Waals surface area contributed by atoms with Gasteiger partial charge >= 0.3 is 9.84 Å². The van der Waals surface area contributed by atoms with Crippen molar-refractivity contribution in [2.24, 2.45) is 0 Å². The summed E-state index contributed by atoms with van der Waals surface area (Å²) in [6.45, 7) is 0. The van der Waals surface area contributed by atoms with Gasteiger partial charge in [0.1, 0.15) is 5.69 Å². The average molecular weight is 151 g/mol. The topological polar surface area (TPSA) is 21.9 Å². The van der Waals surface area contributed by atoms with E-state index in [2.05, 4.69) is 42.5 Å². The zero-order valence-electron chi connectivity index (χ0n) is 6.04. The van der Waals surface area contributed by atoms with Crippen LogP contribution in [0.2, 0.25) is 0 Å². The first-order valence-corrected chi connectivity index (χ1v) is 4.81. The van der Waals surface area contributed by atoms with Crippen molar-refractivity contribution in [2.45, 2.75) is 0 Å². The number of hydrogen-bond donors (Lipinski definition) is 1. The Balaban J connectivity index is 2.35. The van der Waals surface area contributed by atoms with Gasteiger partial charge in [0.25, 0.3) is 0 Å². The van der Waals surface area contributed by atoms with Gasteiger partial charge in [-0.3, -0.25) is 4.26 Å². The molecule has 0 amide bonds. The fourth-order valence-electron chi connectivity index (χ4n) is 1.05. The highest BCUT2D eigenvalue weighted by atomic mass is 28.2. The van der Waals surface area contributed by atoms with Gasteiger partial charge in [-0.1, -0.05) is 18.2 Å². The van der Waals surface area contributed by atoms with Crippen LogP contribution in [0.25, 0.3) is 0 Å². The third-order valence-electron chi connectivity index (χ3n) is 1.96. The standard InChI is InChI=1S/C7H11N2Si/c1-9(8-10-9)7-5-3-2-4-6-7/h2-6,8H,10H2,1H3/q+1. The largest absolute Gasteiger partial charge is 0.403 e. The lowest BCUT2D eigenvalue weighted by molar-refractivity contribution is 0.637. The van der Waals surface area contributed by atoms with E-state index in [0.29, 0.717) is 0 Å². The summed E-state index contributed by atoms with van der Waals surface area (Å²) in [5, 5.41) is 3.40. The number of rotatable bonds is 1. The van der Waals surface area contributed by atoms with Crippen molar-refractivity contribution in [1.29, 1.82) is 0 Å². The minimum atomic E-state index is -0.0266. The summed E-state index contributed by atoms with van der Waals surface area (Å²) in [6, 6.07) is 10.6. The molecular weight excluding hydrogens is 140 g/mol. The van der Waals surface area contributed by atoms with Crippen molar-refractivity contribution in [3.05, 3.63) is 30.3 Å². The maximum Gasteiger partial charge on any atom is 0.403 e. The molecule has 52 valence electrons. The number of nitrogens with one attached hydrogen (secondary N) is 1. The molecule has 0 aliphatic carbocycles. The van der Waals surface area contributed by atoms with Crippen LogP contribution in [-0.4, -0.2) is 16.9 Å². The summed E-state index contributed by atoms with van der Waals surface area (Å²) in [7, 11) is 2.20. The highest BCUT2D eigenvalue weighted by Gasteiger charge is 2.40. The molecule has 0 saturated carbocycles. The van der Waals surface area contributed by atoms with E-state index in [-0.39, 0.29) is 9.84 Å². The second-order valence-electron chi connectivity index (χ2n) is 2.84. The van der Waals surface area contributed by atoms with Gasteiger partial charge in [0, 0.05) is 0 Å². The monoisotopic (exact) mass is 151 g/mol. The highest BCUT2D eigenvalue weighted by molar-refractivity contribution is 6.45. The van der Waals surface area contributed by atoms with Crippen LogP contribution in [0.4, 0.5) is 5.69 Å². The van der Waals surface area contributed by atoms with E-state index in [1.54, 1.807) is 0 Å². The van der Waals surface area contributed by atoms with Crippen molar-refractivity contribution < 1.29 is 0 Å². The van der Waals surface area contributed by atoms with Crippen molar-refractivity contribution >= 4 is 15.5 Å². The SMILES string of the molecule is C[N+]1(c2ccccc2)N[SiH2]1. The normalized spacial score (nSPS) is 32.5. The molecule has 0 spiro atoms. The molecular formula is C7H11N2Si+. The van der Waals surface area contributed by atoms with Gasteiger partial charge in [-0.05, 0) is 12.1 Å². The summed E-state index contributed by atoms with van der Waals surface area (Å²) in [5.41, 5.74) is 1.40. The maximum atomic E-state index is 3.40. The summed E-state index contributed by atoms with van der Waals surface area (Å²) in [4.78, 5) is 0. The predicted octanol–water partition coefficient (Wildman–Crippen LogP) is 0.141. The summed E-state index contributed by atoms with van der Waals surface area (Å²) in [6.07, 6.45) is 0. The second-order valence-corrected chi connectivity index (χ2v) is 4.74. The number of hydrogen-bond acceptors (Lipinski definition) is 1. The van der Waals surface area contributed by atoms with Crippen LogP contribution in [-0.2, 0) is 0 Å². The van der Waals surface area contributed by atoms with Gasteiger partial charge in [0.15, 0.2) is 0 Å². The van der Waals surface area contributed by atoms with Gasteiger partial charge in [-0.2, -0.15) is 0 Å². The van der Waals surface area contributed by atoms with E-state index >= 15 is 0 Å². The van der Waals surface area contributed by atoms with Crippen molar-refractivity contribution in [3.63, 3.8) is 0 Å². The van der Waals surface area contributed by atoms with E-state index in [4.69, 9.17) is 0 Å². The van der Waals surface area contributed by atoms with Crippen LogP contribution < -0.4 is 9.35 Å². The lowest BCUT2D eigenvalue weighted by Gasteiger charge is -2.08. The summed E-state index contributed by atoms with van der Waals surface area (Å²) >= 11 is 0. The molecule has 1 saturated heterocycles. The van der Waals surface area contributed by atoms with Gasteiger partial charge in [-0.25, -0.2) is 0 Å². The lowest BCUT2D eigenvalue weighted by atomic mass is 10.3. The molecule has 0 aromatic heterocycles. The van der Waals surface area contributed by atoms with E-state index in [1.165, 1.54) is 5.69 Å².